The molecule has 0 spiro atoms. The van der Waals surface area contributed by atoms with Gasteiger partial charge in [0.2, 0.25) is 15.9 Å². The fraction of sp³-hybridized carbons (Fsp3) is 0.438. The van der Waals surface area contributed by atoms with Crippen LogP contribution < -0.4 is 5.32 Å². The van der Waals surface area contributed by atoms with Gasteiger partial charge in [0.25, 0.3) is 5.91 Å². The molecule has 2 rings (SSSR count). The molecule has 1 amide bonds. The first-order valence-corrected chi connectivity index (χ1v) is 9.51. The van der Waals surface area contributed by atoms with Crippen LogP contribution in [0.15, 0.2) is 33.6 Å². The van der Waals surface area contributed by atoms with Crippen LogP contribution in [0.3, 0.4) is 0 Å². The molecule has 26 heavy (non-hydrogen) atoms. The van der Waals surface area contributed by atoms with E-state index in [1.165, 1.54) is 35.7 Å². The lowest BCUT2D eigenvalue weighted by Crippen LogP contribution is -2.28. The first kappa shape index (κ1) is 20.0. The van der Waals surface area contributed by atoms with E-state index >= 15 is 0 Å². The highest BCUT2D eigenvalue weighted by Crippen LogP contribution is 2.17. The minimum atomic E-state index is -3.57. The summed E-state index contributed by atoms with van der Waals surface area (Å²) in [5.74, 6) is -0.250. The maximum absolute atomic E-state index is 12.5. The molecule has 1 N–H and O–H groups in total. The summed E-state index contributed by atoms with van der Waals surface area (Å²) in [7, 11) is -0.544. The molecule has 0 bridgehead atoms. The highest BCUT2D eigenvalue weighted by molar-refractivity contribution is 7.89. The van der Waals surface area contributed by atoms with Gasteiger partial charge in [0.1, 0.15) is 6.61 Å². The van der Waals surface area contributed by atoms with Gasteiger partial charge in [0, 0.05) is 26.3 Å². The molecular weight excluding hydrogens is 360 g/mol. The largest absolute Gasteiger partial charge is 0.405 e. The summed E-state index contributed by atoms with van der Waals surface area (Å²) in [6.45, 7) is 2.58. The number of carbonyl (C=O) groups is 1. The van der Waals surface area contributed by atoms with Gasteiger partial charge < -0.3 is 9.15 Å². The molecule has 9 nitrogen and oxygen atoms in total. The van der Waals surface area contributed by atoms with Gasteiger partial charge in [-0.05, 0) is 30.7 Å². The van der Waals surface area contributed by atoms with Crippen LogP contribution in [0.25, 0.3) is 0 Å². The third kappa shape index (κ3) is 4.87. The van der Waals surface area contributed by atoms with Crippen LogP contribution in [0.5, 0.6) is 0 Å². The summed E-state index contributed by atoms with van der Waals surface area (Å²) in [6, 6.07) is 5.61. The standard InChI is InChI=1S/C16H22N4O5S/c1-4-5-10-20(2)26(22,23)13-8-6-12(7-9-13)15(21)17-16-19-18-14(25-16)11-24-3/h6-9H,4-5,10-11H2,1-3H3,(H,17,19,21). The second-order valence-corrected chi connectivity index (χ2v) is 7.64. The average molecular weight is 382 g/mol. The zero-order valence-electron chi connectivity index (χ0n) is 14.9. The lowest BCUT2D eigenvalue weighted by molar-refractivity contribution is 0.102. The molecule has 0 fully saturated rings. The van der Waals surface area contributed by atoms with Gasteiger partial charge in [-0.25, -0.2) is 12.7 Å². The zero-order valence-corrected chi connectivity index (χ0v) is 15.7. The molecule has 1 aromatic heterocycles. The average Bonchev–Trinajstić information content (AvgIpc) is 3.07. The number of hydrogen-bond acceptors (Lipinski definition) is 7. The highest BCUT2D eigenvalue weighted by Gasteiger charge is 2.20. The fourth-order valence-corrected chi connectivity index (χ4v) is 3.32. The Balaban J connectivity index is 2.06. The molecule has 0 saturated heterocycles. The van der Waals surface area contributed by atoms with Crippen molar-refractivity contribution in [2.45, 2.75) is 31.3 Å². The molecule has 1 heterocycles. The van der Waals surface area contributed by atoms with Crippen LogP contribution in [0, 0.1) is 0 Å². The van der Waals surface area contributed by atoms with Crippen molar-refractivity contribution in [2.75, 3.05) is 26.0 Å². The number of sulfonamides is 1. The maximum atomic E-state index is 12.5. The Morgan fingerprint density at radius 2 is 1.96 bits per heavy atom. The van der Waals surface area contributed by atoms with Crippen molar-refractivity contribution >= 4 is 21.9 Å². The molecule has 10 heteroatoms. The van der Waals surface area contributed by atoms with E-state index in [9.17, 15) is 13.2 Å². The predicted octanol–water partition coefficient (Wildman–Crippen LogP) is 1.89. The van der Waals surface area contributed by atoms with Crippen molar-refractivity contribution in [1.82, 2.24) is 14.5 Å². The molecule has 0 radical (unpaired) electrons. The Morgan fingerprint density at radius 1 is 1.27 bits per heavy atom. The zero-order chi connectivity index (χ0) is 19.2. The fourth-order valence-electron chi connectivity index (χ4n) is 2.11. The third-order valence-electron chi connectivity index (χ3n) is 3.61. The van der Waals surface area contributed by atoms with Gasteiger partial charge in [-0.15, -0.1) is 5.10 Å². The second kappa shape index (κ2) is 8.88. The van der Waals surface area contributed by atoms with Gasteiger partial charge in [-0.1, -0.05) is 18.4 Å². The molecule has 142 valence electrons. The number of ether oxygens (including phenoxy) is 1. The van der Waals surface area contributed by atoms with Crippen molar-refractivity contribution in [3.63, 3.8) is 0 Å². The first-order valence-electron chi connectivity index (χ1n) is 8.07. The van der Waals surface area contributed by atoms with Crippen molar-refractivity contribution in [3.8, 4) is 0 Å². The molecule has 0 aliphatic rings. The van der Waals surface area contributed by atoms with E-state index in [0.717, 1.165) is 12.8 Å². The molecule has 0 aliphatic heterocycles. The molecule has 2 aromatic rings. The van der Waals surface area contributed by atoms with Crippen LogP contribution in [-0.2, 0) is 21.4 Å². The molecule has 0 saturated carbocycles. The highest BCUT2D eigenvalue weighted by atomic mass is 32.2. The first-order chi connectivity index (χ1) is 12.4. The van der Waals surface area contributed by atoms with Crippen LogP contribution in [0.2, 0.25) is 0 Å². The number of amides is 1. The number of benzene rings is 1. The van der Waals surface area contributed by atoms with Gasteiger partial charge in [0.05, 0.1) is 4.90 Å². The number of nitrogens with zero attached hydrogens (tertiary/aromatic N) is 3. The van der Waals surface area contributed by atoms with Crippen molar-refractivity contribution < 1.29 is 22.4 Å². The number of unbranched alkanes of at least 4 members (excludes halogenated alkanes) is 1. The monoisotopic (exact) mass is 382 g/mol. The van der Waals surface area contributed by atoms with Crippen molar-refractivity contribution in [2.24, 2.45) is 0 Å². The maximum Gasteiger partial charge on any atom is 0.322 e. The Kier molecular flexibility index (Phi) is 6.83. The third-order valence-corrected chi connectivity index (χ3v) is 5.48. The van der Waals surface area contributed by atoms with E-state index < -0.39 is 15.9 Å². The SMILES string of the molecule is CCCCN(C)S(=O)(=O)c1ccc(C(=O)Nc2nnc(COC)o2)cc1. The van der Waals surface area contributed by atoms with E-state index in [1.54, 1.807) is 7.05 Å². The summed E-state index contributed by atoms with van der Waals surface area (Å²) in [5, 5.41) is 9.83. The van der Waals surface area contributed by atoms with E-state index in [4.69, 9.17) is 9.15 Å². The minimum Gasteiger partial charge on any atom is -0.405 e. The van der Waals surface area contributed by atoms with Crippen LogP contribution >= 0.6 is 0 Å². The summed E-state index contributed by atoms with van der Waals surface area (Å²) in [5.41, 5.74) is 0.270. The smallest absolute Gasteiger partial charge is 0.322 e. The van der Waals surface area contributed by atoms with Gasteiger partial charge in [-0.2, -0.15) is 0 Å². The number of hydrogen-bond donors (Lipinski definition) is 1. The quantitative estimate of drug-likeness (QED) is 0.704. The van der Waals surface area contributed by atoms with E-state index in [-0.39, 0.29) is 29.0 Å². The van der Waals surface area contributed by atoms with Crippen LogP contribution in [-0.4, -0.2) is 49.5 Å². The number of aromatic nitrogens is 2. The van der Waals surface area contributed by atoms with E-state index in [2.05, 4.69) is 15.5 Å². The Labute approximate surface area is 152 Å². The summed E-state index contributed by atoms with van der Waals surface area (Å²) in [6.07, 6.45) is 1.69. The molecule has 0 aliphatic carbocycles. The lowest BCUT2D eigenvalue weighted by atomic mass is 10.2. The molecular formula is C16H22N4O5S. The lowest BCUT2D eigenvalue weighted by Gasteiger charge is -2.16. The van der Waals surface area contributed by atoms with Crippen molar-refractivity contribution in [3.05, 3.63) is 35.7 Å². The summed E-state index contributed by atoms with van der Waals surface area (Å²) >= 11 is 0. The predicted molar refractivity (Wildman–Crippen MR) is 94.1 cm³/mol. The number of methoxy groups -OCH3 is 1. The number of nitrogens with one attached hydrogen (secondary N) is 1. The Bertz CT molecular complexity index is 833. The van der Waals surface area contributed by atoms with E-state index in [1.807, 2.05) is 6.92 Å². The van der Waals surface area contributed by atoms with Gasteiger partial charge in [-0.3, -0.25) is 10.1 Å². The Morgan fingerprint density at radius 3 is 2.58 bits per heavy atom. The molecule has 0 atom stereocenters. The Hall–Kier alpha value is -2.30. The number of carbonyl (C=O) groups excluding carboxylic acids is 1. The van der Waals surface area contributed by atoms with Crippen LogP contribution in [0.1, 0.15) is 36.0 Å². The van der Waals surface area contributed by atoms with E-state index in [0.29, 0.717) is 6.54 Å². The van der Waals surface area contributed by atoms with Crippen molar-refractivity contribution in [1.29, 1.82) is 0 Å². The van der Waals surface area contributed by atoms with Gasteiger partial charge >= 0.3 is 6.01 Å². The van der Waals surface area contributed by atoms with Crippen LogP contribution in [0.4, 0.5) is 6.01 Å². The normalized spacial score (nSPS) is 11.7. The number of rotatable bonds is 9. The number of anilines is 1. The topological polar surface area (TPSA) is 115 Å². The van der Waals surface area contributed by atoms with Gasteiger partial charge in [0.15, 0.2) is 0 Å². The molecule has 0 unspecified atom stereocenters. The second-order valence-electron chi connectivity index (χ2n) is 5.59. The minimum absolute atomic E-state index is 0.0574. The summed E-state index contributed by atoms with van der Waals surface area (Å²) in [4.78, 5) is 12.3. The molecule has 1 aromatic carbocycles. The summed E-state index contributed by atoms with van der Waals surface area (Å²) < 4.78 is 36.2.